The number of hydrogen-bond donors (Lipinski definition) is 1. The van der Waals surface area contributed by atoms with Crippen LogP contribution in [0.3, 0.4) is 0 Å². The number of hydrogen-bond acceptors (Lipinski definition) is 8. The molecule has 3 atom stereocenters. The van der Waals surface area contributed by atoms with Crippen LogP contribution in [0.25, 0.3) is 0 Å². The maximum atomic E-state index is 15.9. The average Bonchev–Trinajstić information content (AvgIpc) is 3.71. The minimum absolute atomic E-state index is 0.0462. The second-order valence-electron chi connectivity index (χ2n) is 13.0. The minimum atomic E-state index is -3.67. The van der Waals surface area contributed by atoms with Gasteiger partial charge in [-0.3, -0.25) is 9.58 Å². The Labute approximate surface area is 270 Å². The summed E-state index contributed by atoms with van der Waals surface area (Å²) in [5, 5.41) is 17.4. The standard InChI is InChI=1S/C34H41FN6O4S/c1-37-32(42)45-31-10-6-9-30(31)34(21-36,25-7-4-3-5-8-25)26-15-17-40(18-16-26)22-33(35)23-41(24-33)27-11-13-28(14-12-27)46(43,44)29-19-38-39(2)20-29/h3-5,7-8,11-14,19-20,26,30-31H,6,9-10,15-18,22-24H2,1-2H3,(H,37,42). The number of anilines is 1. The van der Waals surface area contributed by atoms with Gasteiger partial charge in [0.1, 0.15) is 11.0 Å². The molecule has 2 aliphatic heterocycles. The van der Waals surface area contributed by atoms with Crippen LogP contribution in [0.1, 0.15) is 37.7 Å². The number of alkyl carbamates (subject to hydrolysis) is 1. The normalized spacial score (nSPS) is 23.2. The maximum Gasteiger partial charge on any atom is 0.407 e. The summed E-state index contributed by atoms with van der Waals surface area (Å²) < 4.78 is 49.0. The highest BCUT2D eigenvalue weighted by atomic mass is 32.2. The van der Waals surface area contributed by atoms with Crippen LogP contribution in [-0.2, 0) is 27.0 Å². The molecule has 1 amide bonds. The molecule has 6 rings (SSSR count). The zero-order valence-electron chi connectivity index (χ0n) is 26.3. The van der Waals surface area contributed by atoms with Crippen LogP contribution in [0.4, 0.5) is 14.9 Å². The van der Waals surface area contributed by atoms with Gasteiger partial charge in [-0.05, 0) is 80.9 Å². The van der Waals surface area contributed by atoms with E-state index in [2.05, 4.69) is 21.4 Å². The molecule has 3 fully saturated rings. The van der Waals surface area contributed by atoms with Crippen LogP contribution >= 0.6 is 0 Å². The number of nitriles is 1. The van der Waals surface area contributed by atoms with Crippen molar-refractivity contribution < 1.29 is 22.3 Å². The van der Waals surface area contributed by atoms with Crippen molar-refractivity contribution in [3.63, 3.8) is 0 Å². The van der Waals surface area contributed by atoms with Gasteiger partial charge in [-0.25, -0.2) is 17.6 Å². The maximum absolute atomic E-state index is 15.9. The van der Waals surface area contributed by atoms with Crippen LogP contribution in [0.15, 0.2) is 76.8 Å². The summed E-state index contributed by atoms with van der Waals surface area (Å²) >= 11 is 0. The molecule has 12 heteroatoms. The van der Waals surface area contributed by atoms with Gasteiger partial charge in [0, 0.05) is 38.4 Å². The van der Waals surface area contributed by atoms with Gasteiger partial charge >= 0.3 is 6.09 Å². The Morgan fingerprint density at radius 1 is 1.09 bits per heavy atom. The smallest absolute Gasteiger partial charge is 0.407 e. The lowest BCUT2D eigenvalue weighted by atomic mass is 9.59. The van der Waals surface area contributed by atoms with Crippen LogP contribution in [0, 0.1) is 23.2 Å². The Kier molecular flexibility index (Phi) is 8.83. The molecule has 1 N–H and O–H groups in total. The lowest BCUT2D eigenvalue weighted by Gasteiger charge is -2.50. The fraction of sp³-hybridized carbons (Fsp3) is 0.500. The number of sulfone groups is 1. The van der Waals surface area contributed by atoms with Crippen molar-refractivity contribution >= 4 is 21.6 Å². The molecule has 3 aromatic rings. The van der Waals surface area contributed by atoms with E-state index in [0.717, 1.165) is 43.4 Å². The van der Waals surface area contributed by atoms with Crippen molar-refractivity contribution in [3.8, 4) is 6.07 Å². The summed E-state index contributed by atoms with van der Waals surface area (Å²) in [5.41, 5.74) is -0.440. The van der Waals surface area contributed by atoms with Gasteiger partial charge in [-0.15, -0.1) is 0 Å². The van der Waals surface area contributed by atoms with Crippen LogP contribution < -0.4 is 10.2 Å². The van der Waals surface area contributed by atoms with E-state index in [1.165, 1.54) is 17.1 Å². The van der Waals surface area contributed by atoms with Crippen molar-refractivity contribution in [2.45, 2.75) is 59.1 Å². The molecule has 0 bridgehead atoms. The van der Waals surface area contributed by atoms with Crippen LogP contribution in [0.5, 0.6) is 0 Å². The predicted molar refractivity (Wildman–Crippen MR) is 171 cm³/mol. The molecule has 3 heterocycles. The quantitative estimate of drug-likeness (QED) is 0.361. The van der Waals surface area contributed by atoms with Crippen LogP contribution in [-0.4, -0.2) is 80.7 Å². The molecule has 46 heavy (non-hydrogen) atoms. The first-order valence-electron chi connectivity index (χ1n) is 15.9. The summed E-state index contributed by atoms with van der Waals surface area (Å²) in [7, 11) is -0.458. The van der Waals surface area contributed by atoms with Gasteiger partial charge in [0.05, 0.1) is 35.7 Å². The zero-order chi connectivity index (χ0) is 32.5. The second-order valence-corrected chi connectivity index (χ2v) is 14.9. The average molecular weight is 649 g/mol. The molecule has 1 aliphatic carbocycles. The fourth-order valence-corrected chi connectivity index (χ4v) is 9.11. The highest BCUT2D eigenvalue weighted by molar-refractivity contribution is 7.91. The van der Waals surface area contributed by atoms with E-state index in [1.807, 2.05) is 35.2 Å². The number of benzene rings is 2. The molecule has 2 aromatic carbocycles. The number of amides is 1. The van der Waals surface area contributed by atoms with E-state index in [4.69, 9.17) is 4.74 Å². The summed E-state index contributed by atoms with van der Waals surface area (Å²) in [6.07, 6.45) is 5.92. The largest absolute Gasteiger partial charge is 0.446 e. The predicted octanol–water partition coefficient (Wildman–Crippen LogP) is 4.48. The van der Waals surface area contributed by atoms with E-state index in [1.54, 1.807) is 38.4 Å². The Hall–Kier alpha value is -3.95. The number of halogens is 1. The number of aromatic nitrogens is 2. The monoisotopic (exact) mass is 648 g/mol. The SMILES string of the molecule is CNC(=O)OC1CCCC1C(C#N)(c1ccccc1)C1CCN(CC2(F)CN(c3ccc(S(=O)(=O)c4cnn(C)c4)cc3)C2)CC1. The van der Waals surface area contributed by atoms with Gasteiger partial charge in [0.15, 0.2) is 5.67 Å². The summed E-state index contributed by atoms with van der Waals surface area (Å²) in [6.45, 7) is 2.13. The highest BCUT2D eigenvalue weighted by Crippen LogP contribution is 2.51. The fourth-order valence-electron chi connectivity index (χ4n) is 7.87. The molecule has 3 unspecified atom stereocenters. The van der Waals surface area contributed by atoms with Gasteiger partial charge < -0.3 is 15.0 Å². The number of carbonyl (C=O) groups excluding carboxylic acids is 1. The number of likely N-dealkylation sites (tertiary alicyclic amines) is 1. The zero-order valence-corrected chi connectivity index (χ0v) is 27.1. The molecule has 0 radical (unpaired) electrons. The minimum Gasteiger partial charge on any atom is -0.446 e. The Morgan fingerprint density at radius 3 is 2.39 bits per heavy atom. The van der Waals surface area contributed by atoms with Gasteiger partial charge in [0.2, 0.25) is 9.84 Å². The summed E-state index contributed by atoms with van der Waals surface area (Å²) in [4.78, 5) is 16.6. The lowest BCUT2D eigenvalue weighted by molar-refractivity contribution is 0.0165. The highest BCUT2D eigenvalue weighted by Gasteiger charge is 2.54. The Morgan fingerprint density at radius 2 is 1.78 bits per heavy atom. The van der Waals surface area contributed by atoms with Crippen molar-refractivity contribution in [1.29, 1.82) is 5.26 Å². The number of rotatable bonds is 9. The number of aryl methyl sites for hydroxylation is 1. The number of carbonyl (C=O) groups is 1. The third kappa shape index (κ3) is 5.98. The third-order valence-electron chi connectivity index (χ3n) is 10.1. The van der Waals surface area contributed by atoms with Crippen molar-refractivity contribution in [2.75, 3.05) is 44.7 Å². The van der Waals surface area contributed by atoms with Gasteiger partial charge in [-0.2, -0.15) is 10.4 Å². The topological polar surface area (TPSA) is 121 Å². The second kappa shape index (κ2) is 12.7. The molecular formula is C34H41FN6O4S. The van der Waals surface area contributed by atoms with E-state index in [0.29, 0.717) is 19.6 Å². The lowest BCUT2D eigenvalue weighted by Crippen LogP contribution is -2.64. The number of alkyl halides is 1. The number of nitrogens with one attached hydrogen (secondary N) is 1. The molecule has 3 aliphatic rings. The summed E-state index contributed by atoms with van der Waals surface area (Å²) in [6, 6.07) is 19.2. The van der Waals surface area contributed by atoms with E-state index in [-0.39, 0.29) is 40.8 Å². The van der Waals surface area contributed by atoms with Gasteiger partial charge in [-0.1, -0.05) is 30.3 Å². The van der Waals surface area contributed by atoms with E-state index in [9.17, 15) is 18.5 Å². The van der Waals surface area contributed by atoms with Crippen molar-refractivity contribution in [3.05, 3.63) is 72.6 Å². The molecule has 244 valence electrons. The number of piperidine rings is 1. The molecule has 2 saturated heterocycles. The van der Waals surface area contributed by atoms with Gasteiger partial charge in [0.25, 0.3) is 0 Å². The van der Waals surface area contributed by atoms with E-state index >= 15 is 4.39 Å². The third-order valence-corrected chi connectivity index (χ3v) is 11.9. The number of ether oxygens (including phenoxy) is 1. The molecule has 1 saturated carbocycles. The molecule has 0 spiro atoms. The first kappa shape index (κ1) is 32.0. The van der Waals surface area contributed by atoms with Crippen molar-refractivity contribution in [1.82, 2.24) is 20.0 Å². The molecular weight excluding hydrogens is 607 g/mol. The number of nitrogens with zero attached hydrogens (tertiary/aromatic N) is 5. The first-order valence-corrected chi connectivity index (χ1v) is 17.4. The summed E-state index contributed by atoms with van der Waals surface area (Å²) in [5.74, 6) is -0.0721. The first-order chi connectivity index (χ1) is 22.1. The molecule has 10 nitrogen and oxygen atoms in total. The Balaban J connectivity index is 1.09. The van der Waals surface area contributed by atoms with Crippen LogP contribution in [0.2, 0.25) is 0 Å². The molecule has 1 aromatic heterocycles. The van der Waals surface area contributed by atoms with Crippen molar-refractivity contribution in [2.24, 2.45) is 18.9 Å². The van der Waals surface area contributed by atoms with E-state index < -0.39 is 27.0 Å². The Bertz CT molecular complexity index is 1680.